The van der Waals surface area contributed by atoms with Crippen molar-refractivity contribution < 1.29 is 4.79 Å². The Morgan fingerprint density at radius 2 is 1.50 bits per heavy atom. The third-order valence-electron chi connectivity index (χ3n) is 5.64. The van der Waals surface area contributed by atoms with E-state index in [1.165, 1.54) is 33.4 Å². The van der Waals surface area contributed by atoms with Crippen LogP contribution in [0.5, 0.6) is 0 Å². The molecule has 4 rings (SSSR count). The van der Waals surface area contributed by atoms with E-state index in [2.05, 4.69) is 77.5 Å². The first-order valence-electron chi connectivity index (χ1n) is 10.2. The fourth-order valence-corrected chi connectivity index (χ4v) is 4.28. The van der Waals surface area contributed by atoms with Crippen molar-refractivity contribution in [2.75, 3.05) is 0 Å². The quantitative estimate of drug-likeness (QED) is 0.282. The summed E-state index contributed by atoms with van der Waals surface area (Å²) >= 11 is 3.49. The van der Waals surface area contributed by atoms with E-state index in [1.807, 2.05) is 6.07 Å². The largest absolute Gasteiger partial charge is 0.294 e. The van der Waals surface area contributed by atoms with Gasteiger partial charge in [-0.3, -0.25) is 4.79 Å². The van der Waals surface area contributed by atoms with Gasteiger partial charge in [0.2, 0.25) is 0 Å². The van der Waals surface area contributed by atoms with Crippen LogP contribution < -0.4 is 0 Å². The number of rotatable bonds is 7. The van der Waals surface area contributed by atoms with E-state index in [4.69, 9.17) is 0 Å². The summed E-state index contributed by atoms with van der Waals surface area (Å²) in [4.78, 5) is 12.4. The zero-order valence-electron chi connectivity index (χ0n) is 16.3. The summed E-state index contributed by atoms with van der Waals surface area (Å²) in [5.41, 5.74) is 8.92. The van der Waals surface area contributed by atoms with Crippen LogP contribution in [-0.4, -0.2) is 5.78 Å². The molecule has 0 aromatic heterocycles. The summed E-state index contributed by atoms with van der Waals surface area (Å²) in [7, 11) is 0. The van der Waals surface area contributed by atoms with Crippen molar-refractivity contribution in [1.29, 1.82) is 0 Å². The second-order valence-electron chi connectivity index (χ2n) is 7.69. The molecule has 0 saturated carbocycles. The lowest BCUT2D eigenvalue weighted by Gasteiger charge is -2.06. The molecule has 1 aliphatic carbocycles. The van der Waals surface area contributed by atoms with Crippen LogP contribution in [0, 0.1) is 0 Å². The molecule has 3 aromatic rings. The standard InChI is InChI=1S/C26H25BrO/c1-2-3-4-26(28)20-10-14-25-22(16-20)17-21-15-19(9-13-24(21)25)6-5-18-7-11-23(27)12-8-18/h7-16H,2-6,17H2,1H3. The zero-order valence-corrected chi connectivity index (χ0v) is 17.9. The molecule has 3 aromatic carbocycles. The Balaban J connectivity index is 1.48. The van der Waals surface area contributed by atoms with Crippen molar-refractivity contribution in [3.05, 3.63) is 93.0 Å². The first kappa shape index (κ1) is 19.1. The Morgan fingerprint density at radius 1 is 0.857 bits per heavy atom. The van der Waals surface area contributed by atoms with Gasteiger partial charge in [0.25, 0.3) is 0 Å². The van der Waals surface area contributed by atoms with Gasteiger partial charge in [0, 0.05) is 16.5 Å². The minimum atomic E-state index is 0.274. The van der Waals surface area contributed by atoms with Crippen molar-refractivity contribution in [1.82, 2.24) is 0 Å². The summed E-state index contributed by atoms with van der Waals surface area (Å²) in [5, 5.41) is 0. The molecule has 0 unspecified atom stereocenters. The lowest BCUT2D eigenvalue weighted by molar-refractivity contribution is 0.0979. The Bertz CT molecular complexity index is 1000. The number of carbonyl (C=O) groups is 1. The van der Waals surface area contributed by atoms with Crippen LogP contribution in [0.15, 0.2) is 65.1 Å². The highest BCUT2D eigenvalue weighted by Crippen LogP contribution is 2.37. The highest BCUT2D eigenvalue weighted by molar-refractivity contribution is 9.10. The van der Waals surface area contributed by atoms with Gasteiger partial charge in [-0.05, 0) is 77.3 Å². The minimum Gasteiger partial charge on any atom is -0.294 e. The molecule has 0 atom stereocenters. The first-order chi connectivity index (χ1) is 13.6. The fraction of sp³-hybridized carbons (Fsp3) is 0.269. The van der Waals surface area contributed by atoms with E-state index in [9.17, 15) is 4.79 Å². The van der Waals surface area contributed by atoms with Crippen LogP contribution in [0.1, 0.15) is 58.8 Å². The molecule has 0 radical (unpaired) electrons. The molecule has 0 fully saturated rings. The lowest BCUT2D eigenvalue weighted by Crippen LogP contribution is -1.99. The van der Waals surface area contributed by atoms with Gasteiger partial charge in [-0.15, -0.1) is 0 Å². The summed E-state index contributed by atoms with van der Waals surface area (Å²) in [5.74, 6) is 0.274. The number of benzene rings is 3. The van der Waals surface area contributed by atoms with Gasteiger partial charge in [0.1, 0.15) is 0 Å². The highest BCUT2D eigenvalue weighted by atomic mass is 79.9. The van der Waals surface area contributed by atoms with E-state index >= 15 is 0 Å². The molecule has 0 aliphatic heterocycles. The average molecular weight is 433 g/mol. The maximum atomic E-state index is 12.4. The van der Waals surface area contributed by atoms with E-state index in [0.717, 1.165) is 42.1 Å². The van der Waals surface area contributed by atoms with Crippen LogP contribution in [0.3, 0.4) is 0 Å². The molecule has 1 aliphatic rings. The first-order valence-corrected chi connectivity index (χ1v) is 11.0. The SMILES string of the molecule is CCCCC(=O)c1ccc2c(c1)Cc1cc(CCc3ccc(Br)cc3)ccc1-2. The van der Waals surface area contributed by atoms with E-state index < -0.39 is 0 Å². The molecular weight excluding hydrogens is 408 g/mol. The number of unbranched alkanes of at least 4 members (excludes halogenated alkanes) is 1. The molecule has 0 spiro atoms. The van der Waals surface area contributed by atoms with Crippen molar-refractivity contribution in [3.8, 4) is 11.1 Å². The average Bonchev–Trinajstić information content (AvgIpc) is 3.08. The molecule has 142 valence electrons. The molecule has 0 amide bonds. The van der Waals surface area contributed by atoms with Gasteiger partial charge >= 0.3 is 0 Å². The predicted molar refractivity (Wildman–Crippen MR) is 120 cm³/mol. The number of aryl methyl sites for hydroxylation is 2. The third kappa shape index (κ3) is 4.12. The van der Waals surface area contributed by atoms with E-state index in [-0.39, 0.29) is 5.78 Å². The molecule has 0 heterocycles. The monoisotopic (exact) mass is 432 g/mol. The molecule has 0 bridgehead atoms. The van der Waals surface area contributed by atoms with Crippen LogP contribution in [0.2, 0.25) is 0 Å². The van der Waals surface area contributed by atoms with Gasteiger partial charge in [-0.1, -0.05) is 71.7 Å². The second-order valence-corrected chi connectivity index (χ2v) is 8.61. The maximum absolute atomic E-state index is 12.4. The van der Waals surface area contributed by atoms with Crippen molar-refractivity contribution in [3.63, 3.8) is 0 Å². The normalized spacial score (nSPS) is 11.9. The lowest BCUT2D eigenvalue weighted by atomic mass is 9.98. The van der Waals surface area contributed by atoms with E-state index in [1.54, 1.807) is 0 Å². The molecule has 0 saturated heterocycles. The van der Waals surface area contributed by atoms with Gasteiger partial charge in [0.15, 0.2) is 5.78 Å². The third-order valence-corrected chi connectivity index (χ3v) is 6.17. The number of ketones is 1. The Morgan fingerprint density at radius 3 is 2.25 bits per heavy atom. The highest BCUT2D eigenvalue weighted by Gasteiger charge is 2.20. The predicted octanol–water partition coefficient (Wildman–Crippen LogP) is 7.18. The number of Topliss-reactive ketones (excluding diaryl/α,β-unsaturated/α-hetero) is 1. The summed E-state index contributed by atoms with van der Waals surface area (Å²) in [6, 6.07) is 21.7. The summed E-state index contributed by atoms with van der Waals surface area (Å²) in [6.45, 7) is 2.13. The van der Waals surface area contributed by atoms with Gasteiger partial charge < -0.3 is 0 Å². The fourth-order valence-electron chi connectivity index (χ4n) is 4.01. The minimum absolute atomic E-state index is 0.274. The van der Waals surface area contributed by atoms with E-state index in [0.29, 0.717) is 6.42 Å². The van der Waals surface area contributed by atoms with Crippen molar-refractivity contribution >= 4 is 21.7 Å². The second kappa shape index (κ2) is 8.45. The molecule has 0 N–H and O–H groups in total. The topological polar surface area (TPSA) is 17.1 Å². The summed E-state index contributed by atoms with van der Waals surface area (Å²) < 4.78 is 1.12. The molecular formula is C26H25BrO. The maximum Gasteiger partial charge on any atom is 0.162 e. The van der Waals surface area contributed by atoms with Crippen LogP contribution >= 0.6 is 15.9 Å². The van der Waals surface area contributed by atoms with Crippen LogP contribution in [0.4, 0.5) is 0 Å². The summed E-state index contributed by atoms with van der Waals surface area (Å²) in [6.07, 6.45) is 5.72. The number of fused-ring (bicyclic) bond motifs is 3. The Kier molecular flexibility index (Phi) is 5.77. The van der Waals surface area contributed by atoms with Crippen molar-refractivity contribution in [2.45, 2.75) is 45.4 Å². The molecule has 2 heteroatoms. The van der Waals surface area contributed by atoms with Crippen molar-refractivity contribution in [2.24, 2.45) is 0 Å². The number of halogens is 1. The van der Waals surface area contributed by atoms with Gasteiger partial charge in [-0.2, -0.15) is 0 Å². The molecule has 1 nitrogen and oxygen atoms in total. The Hall–Kier alpha value is -2.19. The smallest absolute Gasteiger partial charge is 0.162 e. The van der Waals surface area contributed by atoms with Crippen LogP contribution in [0.25, 0.3) is 11.1 Å². The number of carbonyl (C=O) groups excluding carboxylic acids is 1. The zero-order chi connectivity index (χ0) is 19.5. The Labute approximate surface area is 175 Å². The van der Waals surface area contributed by atoms with Gasteiger partial charge in [0.05, 0.1) is 0 Å². The molecule has 28 heavy (non-hydrogen) atoms. The van der Waals surface area contributed by atoms with Gasteiger partial charge in [-0.25, -0.2) is 0 Å². The van der Waals surface area contributed by atoms with Crippen LogP contribution in [-0.2, 0) is 19.3 Å². The number of hydrogen-bond acceptors (Lipinski definition) is 1. The number of hydrogen-bond donors (Lipinski definition) is 0.